The zero-order valence-corrected chi connectivity index (χ0v) is 23.3. The molecule has 3 N–H and O–H groups in total. The molecule has 1 unspecified atom stereocenters. The fraction of sp³-hybridized carbons (Fsp3) is 0.258. The molecule has 0 spiro atoms. The smallest absolute Gasteiger partial charge is 0.330 e. The fourth-order valence-electron chi connectivity index (χ4n) is 4.22. The van der Waals surface area contributed by atoms with E-state index >= 15 is 0 Å². The molecule has 0 heterocycles. The molecule has 9 heteroatoms. The van der Waals surface area contributed by atoms with Crippen molar-refractivity contribution < 1.29 is 28.3 Å². The van der Waals surface area contributed by atoms with Gasteiger partial charge in [0.05, 0.1) is 25.0 Å². The maximum atomic E-state index is 14.9. The number of carbonyl (C=O) groups excluding carboxylic acids is 2. The van der Waals surface area contributed by atoms with Crippen molar-refractivity contribution >= 4 is 29.0 Å². The van der Waals surface area contributed by atoms with Gasteiger partial charge in [-0.05, 0) is 55.7 Å². The number of allylic oxidation sites excluding steroid dienone is 2. The predicted octanol–water partition coefficient (Wildman–Crippen LogP) is 4.92. The molecule has 0 radical (unpaired) electrons. The number of ether oxygens (including phenoxy) is 2. The molecule has 1 amide bonds. The van der Waals surface area contributed by atoms with E-state index in [0.717, 1.165) is 22.8 Å². The SMILES string of the molecule is C=C(N=C(ON)C1=CC=C(c2ccccc2C)C(COC)C=C1)c1ccc(C(=O)NC(C)(C)C(=O)OC)c(F)c1. The van der Waals surface area contributed by atoms with E-state index in [1.807, 2.05) is 49.4 Å². The summed E-state index contributed by atoms with van der Waals surface area (Å²) in [7, 11) is 2.85. The Bertz CT molecular complexity index is 1420. The van der Waals surface area contributed by atoms with Gasteiger partial charge in [-0.3, -0.25) is 4.79 Å². The Morgan fingerprint density at radius 1 is 1.15 bits per heavy atom. The molecule has 40 heavy (non-hydrogen) atoms. The average molecular weight is 548 g/mol. The minimum atomic E-state index is -1.34. The van der Waals surface area contributed by atoms with Gasteiger partial charge in [-0.2, -0.15) is 5.90 Å². The van der Waals surface area contributed by atoms with E-state index in [4.69, 9.17) is 15.5 Å². The maximum Gasteiger partial charge on any atom is 0.330 e. The molecule has 1 atom stereocenters. The number of aryl methyl sites for hydroxylation is 1. The van der Waals surface area contributed by atoms with Gasteiger partial charge in [-0.25, -0.2) is 14.2 Å². The van der Waals surface area contributed by atoms with Crippen LogP contribution in [0.1, 0.15) is 40.9 Å². The highest BCUT2D eigenvalue weighted by Crippen LogP contribution is 2.31. The summed E-state index contributed by atoms with van der Waals surface area (Å²) in [6.07, 6.45) is 7.63. The van der Waals surface area contributed by atoms with Crippen molar-refractivity contribution in [3.8, 4) is 0 Å². The Labute approximate surface area is 233 Å². The summed E-state index contributed by atoms with van der Waals surface area (Å²) >= 11 is 0. The predicted molar refractivity (Wildman–Crippen MR) is 153 cm³/mol. The van der Waals surface area contributed by atoms with Crippen LogP contribution in [0.5, 0.6) is 0 Å². The Morgan fingerprint density at radius 3 is 2.50 bits per heavy atom. The van der Waals surface area contributed by atoms with E-state index in [2.05, 4.69) is 27.7 Å². The van der Waals surface area contributed by atoms with Gasteiger partial charge in [0.25, 0.3) is 5.91 Å². The van der Waals surface area contributed by atoms with Crippen LogP contribution in [0.15, 0.2) is 83.9 Å². The first-order valence-electron chi connectivity index (χ1n) is 12.5. The average Bonchev–Trinajstić information content (AvgIpc) is 3.13. The van der Waals surface area contributed by atoms with Crippen LogP contribution in [0.2, 0.25) is 0 Å². The number of nitrogens with zero attached hydrogens (tertiary/aromatic N) is 1. The van der Waals surface area contributed by atoms with E-state index in [0.29, 0.717) is 17.7 Å². The van der Waals surface area contributed by atoms with Crippen LogP contribution >= 0.6 is 0 Å². The largest absolute Gasteiger partial charge is 0.467 e. The van der Waals surface area contributed by atoms with E-state index in [-0.39, 0.29) is 23.1 Å². The van der Waals surface area contributed by atoms with Crippen molar-refractivity contribution in [3.05, 3.63) is 107 Å². The number of benzene rings is 2. The van der Waals surface area contributed by atoms with Gasteiger partial charge in [-0.1, -0.05) is 55.1 Å². The quantitative estimate of drug-likeness (QED) is 0.200. The summed E-state index contributed by atoms with van der Waals surface area (Å²) in [6, 6.07) is 12.0. The highest BCUT2D eigenvalue weighted by molar-refractivity contribution is 6.01. The molecule has 0 aromatic heterocycles. The normalized spacial score (nSPS) is 15.5. The van der Waals surface area contributed by atoms with Crippen LogP contribution in [-0.2, 0) is 19.1 Å². The highest BCUT2D eigenvalue weighted by atomic mass is 19.1. The topological polar surface area (TPSA) is 112 Å². The molecule has 1 aliphatic rings. The molecule has 210 valence electrons. The van der Waals surface area contributed by atoms with Crippen LogP contribution in [0.3, 0.4) is 0 Å². The zero-order valence-electron chi connectivity index (χ0n) is 23.3. The number of rotatable bonds is 9. The number of nitrogens with one attached hydrogen (secondary N) is 1. The molecule has 8 nitrogen and oxygen atoms in total. The number of halogens is 1. The summed E-state index contributed by atoms with van der Waals surface area (Å²) < 4.78 is 25.1. The molecule has 2 aromatic carbocycles. The minimum Gasteiger partial charge on any atom is -0.467 e. The minimum absolute atomic E-state index is 0.0287. The molecule has 0 aliphatic heterocycles. The first-order chi connectivity index (χ1) is 19.0. The second kappa shape index (κ2) is 13.1. The van der Waals surface area contributed by atoms with Crippen molar-refractivity contribution in [2.45, 2.75) is 26.3 Å². The summed E-state index contributed by atoms with van der Waals surface area (Å²) in [5.41, 5.74) is 2.75. The lowest BCUT2D eigenvalue weighted by Crippen LogP contribution is -2.50. The summed E-state index contributed by atoms with van der Waals surface area (Å²) in [5.74, 6) is 3.37. The van der Waals surface area contributed by atoms with E-state index in [1.165, 1.54) is 33.1 Å². The Hall–Kier alpha value is -4.34. The molecule has 0 saturated carbocycles. The molecule has 0 saturated heterocycles. The van der Waals surface area contributed by atoms with Crippen LogP contribution in [-0.4, -0.2) is 44.1 Å². The number of hydrogen-bond acceptors (Lipinski definition) is 7. The lowest BCUT2D eigenvalue weighted by Gasteiger charge is -2.23. The first-order valence-corrected chi connectivity index (χ1v) is 12.5. The van der Waals surface area contributed by atoms with Crippen molar-refractivity contribution in [1.82, 2.24) is 5.32 Å². The Balaban J connectivity index is 1.89. The number of nitrogens with two attached hydrogens (primary N) is 1. The maximum absolute atomic E-state index is 14.9. The third kappa shape index (κ3) is 6.99. The van der Waals surface area contributed by atoms with Gasteiger partial charge in [0.1, 0.15) is 11.4 Å². The van der Waals surface area contributed by atoms with Crippen LogP contribution in [0.4, 0.5) is 4.39 Å². The first kappa shape index (κ1) is 30.2. The van der Waals surface area contributed by atoms with Gasteiger partial charge in [0.15, 0.2) is 0 Å². The van der Waals surface area contributed by atoms with Crippen LogP contribution < -0.4 is 11.2 Å². The van der Waals surface area contributed by atoms with Crippen molar-refractivity contribution in [3.63, 3.8) is 0 Å². The number of carbonyl (C=O) groups is 2. The molecule has 0 fully saturated rings. The van der Waals surface area contributed by atoms with E-state index in [9.17, 15) is 14.0 Å². The lowest BCUT2D eigenvalue weighted by atomic mass is 9.90. The van der Waals surface area contributed by atoms with E-state index in [1.54, 1.807) is 7.11 Å². The van der Waals surface area contributed by atoms with Crippen molar-refractivity contribution in [1.29, 1.82) is 0 Å². The summed E-state index contributed by atoms with van der Waals surface area (Å²) in [4.78, 5) is 33.9. The highest BCUT2D eigenvalue weighted by Gasteiger charge is 2.31. The second-order valence-electron chi connectivity index (χ2n) is 9.73. The summed E-state index contributed by atoms with van der Waals surface area (Å²) in [6.45, 7) is 9.36. The van der Waals surface area contributed by atoms with Gasteiger partial charge < -0.3 is 19.6 Å². The van der Waals surface area contributed by atoms with Crippen molar-refractivity contribution in [2.24, 2.45) is 16.8 Å². The third-order valence-electron chi connectivity index (χ3n) is 6.42. The number of amides is 1. The van der Waals surface area contributed by atoms with Gasteiger partial charge in [0.2, 0.25) is 5.90 Å². The third-order valence-corrected chi connectivity index (χ3v) is 6.42. The summed E-state index contributed by atoms with van der Waals surface area (Å²) in [5, 5.41) is 2.46. The zero-order chi connectivity index (χ0) is 29.4. The van der Waals surface area contributed by atoms with Gasteiger partial charge in [-0.15, -0.1) is 0 Å². The fourth-order valence-corrected chi connectivity index (χ4v) is 4.22. The molecular formula is C31H34FN3O5. The number of methoxy groups -OCH3 is 2. The number of aliphatic imine (C=N–C) groups is 1. The van der Waals surface area contributed by atoms with Gasteiger partial charge in [0, 0.05) is 24.2 Å². The molecule has 1 aliphatic carbocycles. The van der Waals surface area contributed by atoms with Crippen LogP contribution in [0, 0.1) is 18.7 Å². The molecule has 0 bridgehead atoms. The molecule has 3 rings (SSSR count). The number of esters is 1. The monoisotopic (exact) mass is 547 g/mol. The number of hydrogen-bond donors (Lipinski definition) is 2. The second-order valence-corrected chi connectivity index (χ2v) is 9.73. The molecular weight excluding hydrogens is 513 g/mol. The lowest BCUT2D eigenvalue weighted by molar-refractivity contribution is -0.146. The standard InChI is InChI=1S/C31H34FN3O5/c1-19-9-7-8-10-24(19)25-15-13-21(11-12-23(25)18-38-5)29(40-33)34-20(2)22-14-16-26(27(32)17-22)28(36)35-31(3,4)30(37)39-6/h7-17,23H,2,18,33H2,1,3-6H3,(H,35,36). The molecule has 2 aromatic rings. The van der Waals surface area contributed by atoms with Gasteiger partial charge >= 0.3 is 5.97 Å². The van der Waals surface area contributed by atoms with Crippen LogP contribution in [0.25, 0.3) is 11.3 Å². The Kier molecular flexibility index (Phi) is 9.93. The van der Waals surface area contributed by atoms with Crippen molar-refractivity contribution in [2.75, 3.05) is 20.8 Å². The van der Waals surface area contributed by atoms with E-state index < -0.39 is 23.2 Å². The Morgan fingerprint density at radius 2 is 1.88 bits per heavy atom.